The molecule has 1 aromatic carbocycles. The Morgan fingerprint density at radius 3 is 3.00 bits per heavy atom. The van der Waals surface area contributed by atoms with Crippen LogP contribution in [0.5, 0.6) is 11.6 Å². The molecule has 0 bridgehead atoms. The Morgan fingerprint density at radius 2 is 2.17 bits per heavy atom. The van der Waals surface area contributed by atoms with Crippen molar-refractivity contribution >= 4 is 28.2 Å². The summed E-state index contributed by atoms with van der Waals surface area (Å²) in [5.41, 5.74) is 0.0630. The predicted octanol–water partition coefficient (Wildman–Crippen LogP) is 1.81. The lowest BCUT2D eigenvalue weighted by Gasteiger charge is -2.04. The van der Waals surface area contributed by atoms with E-state index in [2.05, 4.69) is 37.9 Å². The highest BCUT2D eigenvalue weighted by Crippen LogP contribution is 2.20. The Labute approximate surface area is 115 Å². The Bertz CT molecular complexity index is 765. The van der Waals surface area contributed by atoms with Gasteiger partial charge in [0.05, 0.1) is 0 Å². The van der Waals surface area contributed by atoms with Crippen LogP contribution in [0.3, 0.4) is 0 Å². The topological polar surface area (TPSA) is 72.3 Å². The van der Waals surface area contributed by atoms with Crippen LogP contribution in [0.25, 0.3) is 5.65 Å². The number of hydrogen-bond donors (Lipinski definition) is 1. The van der Waals surface area contributed by atoms with Crippen LogP contribution >= 0.6 is 22.6 Å². The van der Waals surface area contributed by atoms with E-state index in [1.165, 1.54) is 0 Å². The van der Waals surface area contributed by atoms with Gasteiger partial charge in [-0.1, -0.05) is 6.07 Å². The lowest BCUT2D eigenvalue weighted by Crippen LogP contribution is -2.12. The number of fused-ring (bicyclic) bond motifs is 1. The van der Waals surface area contributed by atoms with Gasteiger partial charge >= 0.3 is 5.69 Å². The Balaban J connectivity index is 1.99. The number of hydrogen-bond acceptors (Lipinski definition) is 4. The summed E-state index contributed by atoms with van der Waals surface area (Å²) in [4.78, 5) is 11.4. The van der Waals surface area contributed by atoms with Crippen molar-refractivity contribution in [2.24, 2.45) is 0 Å². The van der Waals surface area contributed by atoms with E-state index in [1.807, 2.05) is 24.3 Å². The van der Waals surface area contributed by atoms with E-state index >= 15 is 0 Å². The SMILES string of the molecule is O=c1[nH]nc2ccc(Oc3cccc(I)c3)nn12. The molecule has 0 fully saturated rings. The third-order valence-electron chi connectivity index (χ3n) is 2.27. The molecule has 7 heteroatoms. The van der Waals surface area contributed by atoms with Crippen LogP contribution in [-0.2, 0) is 0 Å². The second-order valence-corrected chi connectivity index (χ2v) is 4.78. The number of benzene rings is 1. The van der Waals surface area contributed by atoms with Gasteiger partial charge in [0.1, 0.15) is 5.75 Å². The molecule has 0 aliphatic carbocycles. The smallest absolute Gasteiger partial charge is 0.364 e. The van der Waals surface area contributed by atoms with E-state index in [0.717, 1.165) is 8.09 Å². The van der Waals surface area contributed by atoms with Gasteiger partial charge in [-0.05, 0) is 46.9 Å². The molecule has 2 heterocycles. The van der Waals surface area contributed by atoms with Crippen molar-refractivity contribution in [2.75, 3.05) is 0 Å². The Morgan fingerprint density at radius 1 is 1.28 bits per heavy atom. The molecule has 6 nitrogen and oxygen atoms in total. The van der Waals surface area contributed by atoms with Crippen molar-refractivity contribution in [2.45, 2.75) is 0 Å². The van der Waals surface area contributed by atoms with Gasteiger partial charge in [0, 0.05) is 9.64 Å². The maximum absolute atomic E-state index is 11.4. The molecule has 3 rings (SSSR count). The van der Waals surface area contributed by atoms with Crippen LogP contribution in [0.15, 0.2) is 41.2 Å². The van der Waals surface area contributed by atoms with Crippen LogP contribution in [-0.4, -0.2) is 19.8 Å². The van der Waals surface area contributed by atoms with Crippen LogP contribution in [0, 0.1) is 3.57 Å². The summed E-state index contributed by atoms with van der Waals surface area (Å²) < 4.78 is 7.79. The second kappa shape index (κ2) is 4.41. The van der Waals surface area contributed by atoms with Crippen LogP contribution in [0.2, 0.25) is 0 Å². The first-order valence-corrected chi connectivity index (χ1v) is 6.18. The molecule has 2 aromatic heterocycles. The molecule has 0 aliphatic rings. The number of H-pyrrole nitrogens is 1. The molecule has 0 spiro atoms. The molecule has 0 radical (unpaired) electrons. The standard InChI is InChI=1S/C11H7IN4O2/c12-7-2-1-3-8(6-7)18-10-5-4-9-13-14-11(17)16(9)15-10/h1-6H,(H,14,17). The molecular weight excluding hydrogens is 347 g/mol. The zero-order valence-corrected chi connectivity index (χ0v) is 11.2. The van der Waals surface area contributed by atoms with Gasteiger partial charge in [0.2, 0.25) is 5.88 Å². The van der Waals surface area contributed by atoms with E-state index in [4.69, 9.17) is 4.74 Å². The third kappa shape index (κ3) is 2.08. The number of halogens is 1. The van der Waals surface area contributed by atoms with Crippen molar-refractivity contribution in [1.82, 2.24) is 19.8 Å². The minimum atomic E-state index is -0.391. The summed E-state index contributed by atoms with van der Waals surface area (Å²) in [6.45, 7) is 0. The molecular formula is C11H7IN4O2. The molecule has 3 aromatic rings. The van der Waals surface area contributed by atoms with E-state index in [-0.39, 0.29) is 0 Å². The number of aromatic amines is 1. The summed E-state index contributed by atoms with van der Waals surface area (Å²) in [6, 6.07) is 10.9. The highest BCUT2D eigenvalue weighted by molar-refractivity contribution is 14.1. The van der Waals surface area contributed by atoms with Gasteiger partial charge in [0.25, 0.3) is 0 Å². The fourth-order valence-corrected chi connectivity index (χ4v) is 2.01. The van der Waals surface area contributed by atoms with Gasteiger partial charge in [-0.3, -0.25) is 0 Å². The fourth-order valence-electron chi connectivity index (χ4n) is 1.49. The summed E-state index contributed by atoms with van der Waals surface area (Å²) in [5, 5.41) is 10.1. The molecule has 0 aliphatic heterocycles. The molecule has 18 heavy (non-hydrogen) atoms. The average molecular weight is 354 g/mol. The summed E-state index contributed by atoms with van der Waals surface area (Å²) in [6.07, 6.45) is 0. The predicted molar refractivity (Wildman–Crippen MR) is 72.8 cm³/mol. The molecule has 90 valence electrons. The normalized spacial score (nSPS) is 10.7. The third-order valence-corrected chi connectivity index (χ3v) is 2.94. The Kier molecular flexibility index (Phi) is 2.74. The lowest BCUT2D eigenvalue weighted by atomic mass is 10.3. The Hall–Kier alpha value is -1.90. The van der Waals surface area contributed by atoms with Crippen molar-refractivity contribution in [3.8, 4) is 11.6 Å². The van der Waals surface area contributed by atoms with Gasteiger partial charge < -0.3 is 4.74 Å². The molecule has 0 amide bonds. The quantitative estimate of drug-likeness (QED) is 0.713. The van der Waals surface area contributed by atoms with E-state index < -0.39 is 5.69 Å². The summed E-state index contributed by atoms with van der Waals surface area (Å²) in [5.74, 6) is 1.01. The van der Waals surface area contributed by atoms with Crippen molar-refractivity contribution in [3.63, 3.8) is 0 Å². The molecule has 0 atom stereocenters. The zero-order valence-electron chi connectivity index (χ0n) is 9.00. The highest BCUT2D eigenvalue weighted by Gasteiger charge is 2.04. The van der Waals surface area contributed by atoms with Gasteiger partial charge in [-0.15, -0.1) is 5.10 Å². The minimum absolute atomic E-state index is 0.341. The van der Waals surface area contributed by atoms with E-state index in [0.29, 0.717) is 17.3 Å². The number of nitrogens with one attached hydrogen (secondary N) is 1. The maximum Gasteiger partial charge on any atom is 0.364 e. The largest absolute Gasteiger partial charge is 0.438 e. The minimum Gasteiger partial charge on any atom is -0.438 e. The van der Waals surface area contributed by atoms with E-state index in [1.54, 1.807) is 12.1 Å². The number of nitrogens with zero attached hydrogens (tertiary/aromatic N) is 3. The maximum atomic E-state index is 11.4. The van der Waals surface area contributed by atoms with Crippen molar-refractivity contribution < 1.29 is 4.74 Å². The molecule has 0 saturated heterocycles. The monoisotopic (exact) mass is 354 g/mol. The zero-order chi connectivity index (χ0) is 12.5. The number of aromatic nitrogens is 4. The first-order valence-electron chi connectivity index (χ1n) is 5.10. The second-order valence-electron chi connectivity index (χ2n) is 3.53. The fraction of sp³-hybridized carbons (Fsp3) is 0. The summed E-state index contributed by atoms with van der Waals surface area (Å²) >= 11 is 2.20. The van der Waals surface area contributed by atoms with E-state index in [9.17, 15) is 4.79 Å². The van der Waals surface area contributed by atoms with Crippen LogP contribution < -0.4 is 10.4 Å². The van der Waals surface area contributed by atoms with Gasteiger partial charge in [-0.2, -0.15) is 9.61 Å². The average Bonchev–Trinajstić information content (AvgIpc) is 2.71. The van der Waals surface area contributed by atoms with Gasteiger partial charge in [-0.25, -0.2) is 9.89 Å². The molecule has 0 unspecified atom stereocenters. The summed E-state index contributed by atoms with van der Waals surface area (Å²) in [7, 11) is 0. The van der Waals surface area contributed by atoms with Crippen molar-refractivity contribution in [3.05, 3.63) is 50.5 Å². The van der Waals surface area contributed by atoms with Crippen LogP contribution in [0.4, 0.5) is 0 Å². The van der Waals surface area contributed by atoms with Gasteiger partial charge in [0.15, 0.2) is 5.65 Å². The first-order chi connectivity index (χ1) is 8.72. The number of ether oxygens (including phenoxy) is 1. The molecule has 0 saturated carbocycles. The van der Waals surface area contributed by atoms with Crippen LogP contribution in [0.1, 0.15) is 0 Å². The molecule has 1 N–H and O–H groups in total. The number of rotatable bonds is 2. The van der Waals surface area contributed by atoms with Crippen molar-refractivity contribution in [1.29, 1.82) is 0 Å². The first kappa shape index (κ1) is 11.2. The lowest BCUT2D eigenvalue weighted by molar-refractivity contribution is 0.451. The highest BCUT2D eigenvalue weighted by atomic mass is 127.